The van der Waals surface area contributed by atoms with Gasteiger partial charge in [-0.3, -0.25) is 4.79 Å². The largest absolute Gasteiger partial charge is 0.459 e. The maximum absolute atomic E-state index is 13.2. The van der Waals surface area contributed by atoms with Crippen molar-refractivity contribution >= 4 is 11.6 Å². The highest BCUT2D eigenvalue weighted by molar-refractivity contribution is 6.02. The van der Waals surface area contributed by atoms with Crippen molar-refractivity contribution in [3.63, 3.8) is 0 Å². The minimum atomic E-state index is -0.566. The van der Waals surface area contributed by atoms with E-state index in [2.05, 4.69) is 47.8 Å². The van der Waals surface area contributed by atoms with Crippen LogP contribution in [0.3, 0.4) is 0 Å². The number of nitrogens with one attached hydrogen (secondary N) is 1. The zero-order valence-corrected chi connectivity index (χ0v) is 19.9. The average molecular weight is 470 g/mol. The lowest BCUT2D eigenvalue weighted by Gasteiger charge is -2.37. The second-order valence-corrected chi connectivity index (χ2v) is 9.10. The predicted octanol–water partition coefficient (Wildman–Crippen LogP) is 5.65. The molecule has 0 spiro atoms. The van der Waals surface area contributed by atoms with Gasteiger partial charge in [0.05, 0.1) is 0 Å². The first kappa shape index (κ1) is 23.3. The standard InChI is InChI=1S/C30H31NO4/c1-2-34-30-26(13-8-16-32)27(19-28(35-30)29(33)31-23-10-4-3-5-11-23)21-14-15-25-22(18-21)17-20-9-6-7-12-24(20)25/h3-7,9-12,14-15,18-19,26-27,30,32H,2,8,13,16-17H2,1H3,(H,31,33)/t26-,27+,30+/m0/s1. The number of hydrogen-bond acceptors (Lipinski definition) is 4. The van der Waals surface area contributed by atoms with Gasteiger partial charge in [0.25, 0.3) is 5.91 Å². The number of allylic oxidation sites excluding steroid dienone is 1. The van der Waals surface area contributed by atoms with E-state index in [0.29, 0.717) is 18.7 Å². The van der Waals surface area contributed by atoms with Gasteiger partial charge in [-0.15, -0.1) is 0 Å². The number of aliphatic hydroxyl groups excluding tert-OH is 1. The van der Waals surface area contributed by atoms with E-state index in [-0.39, 0.29) is 30.1 Å². The summed E-state index contributed by atoms with van der Waals surface area (Å²) in [6.07, 6.45) is 3.64. The minimum Gasteiger partial charge on any atom is -0.459 e. The maximum Gasteiger partial charge on any atom is 0.290 e. The van der Waals surface area contributed by atoms with Crippen LogP contribution in [0.4, 0.5) is 5.69 Å². The Morgan fingerprint density at radius 2 is 1.80 bits per heavy atom. The lowest BCUT2D eigenvalue weighted by Crippen LogP contribution is -2.37. The molecule has 35 heavy (non-hydrogen) atoms. The number of anilines is 1. The van der Waals surface area contributed by atoms with Gasteiger partial charge in [-0.25, -0.2) is 0 Å². The number of fused-ring (bicyclic) bond motifs is 3. The topological polar surface area (TPSA) is 67.8 Å². The highest BCUT2D eigenvalue weighted by Gasteiger charge is 2.38. The molecule has 0 radical (unpaired) electrons. The summed E-state index contributed by atoms with van der Waals surface area (Å²) < 4.78 is 12.1. The molecule has 1 amide bonds. The Morgan fingerprint density at radius 3 is 2.60 bits per heavy atom. The van der Waals surface area contributed by atoms with Gasteiger partial charge in [-0.1, -0.05) is 60.7 Å². The minimum absolute atomic E-state index is 0.0165. The Labute approximate surface area is 206 Å². The molecular formula is C30H31NO4. The summed E-state index contributed by atoms with van der Waals surface area (Å²) >= 11 is 0. The molecule has 0 saturated carbocycles. The molecule has 2 N–H and O–H groups in total. The van der Waals surface area contributed by atoms with Crippen molar-refractivity contribution in [3.8, 4) is 11.1 Å². The first-order valence-corrected chi connectivity index (χ1v) is 12.4. The first-order chi connectivity index (χ1) is 17.2. The SMILES string of the molecule is CCO[C@@H]1OC(C(=O)Nc2ccccc2)=C[C@H](c2ccc3c(c2)Cc2ccccc2-3)[C@@H]1CCCO. The summed E-state index contributed by atoms with van der Waals surface area (Å²) in [5.74, 6) is -0.115. The first-order valence-electron chi connectivity index (χ1n) is 12.4. The molecule has 5 heteroatoms. The van der Waals surface area contributed by atoms with Gasteiger partial charge in [0.2, 0.25) is 6.29 Å². The van der Waals surface area contributed by atoms with E-state index < -0.39 is 6.29 Å². The van der Waals surface area contributed by atoms with Crippen LogP contribution in [-0.2, 0) is 20.7 Å². The van der Waals surface area contributed by atoms with Gasteiger partial charge in [0.15, 0.2) is 5.76 Å². The Bertz CT molecular complexity index is 1220. The second-order valence-electron chi connectivity index (χ2n) is 9.10. The highest BCUT2D eigenvalue weighted by atomic mass is 16.7. The van der Waals surface area contributed by atoms with Crippen molar-refractivity contribution in [3.05, 3.63) is 101 Å². The van der Waals surface area contributed by atoms with Crippen LogP contribution in [0.25, 0.3) is 11.1 Å². The lowest BCUT2D eigenvalue weighted by atomic mass is 9.80. The molecule has 1 aliphatic carbocycles. The third-order valence-corrected chi connectivity index (χ3v) is 6.87. The van der Waals surface area contributed by atoms with E-state index in [4.69, 9.17) is 9.47 Å². The normalized spacial score (nSPS) is 20.4. The Hall–Kier alpha value is -3.41. The zero-order chi connectivity index (χ0) is 24.2. The second kappa shape index (κ2) is 10.5. The summed E-state index contributed by atoms with van der Waals surface area (Å²) in [7, 11) is 0. The number of hydrogen-bond donors (Lipinski definition) is 2. The Kier molecular flexibility index (Phi) is 6.98. The molecule has 3 atom stereocenters. The van der Waals surface area contributed by atoms with Crippen LogP contribution in [0.15, 0.2) is 84.6 Å². The van der Waals surface area contributed by atoms with Gasteiger partial charge in [-0.2, -0.15) is 0 Å². The molecule has 0 aromatic heterocycles. The fourth-order valence-corrected chi connectivity index (χ4v) is 5.23. The number of rotatable bonds is 8. The monoisotopic (exact) mass is 469 g/mol. The van der Waals surface area contributed by atoms with Crippen molar-refractivity contribution in [2.24, 2.45) is 5.92 Å². The number of carbonyl (C=O) groups is 1. The van der Waals surface area contributed by atoms with Crippen LogP contribution in [0.2, 0.25) is 0 Å². The van der Waals surface area contributed by atoms with E-state index in [1.54, 1.807) is 0 Å². The fraction of sp³-hybridized carbons (Fsp3) is 0.300. The summed E-state index contributed by atoms with van der Waals surface area (Å²) in [6, 6.07) is 24.5. The van der Waals surface area contributed by atoms with Crippen LogP contribution in [0.5, 0.6) is 0 Å². The summed E-state index contributed by atoms with van der Waals surface area (Å²) in [5.41, 5.74) is 7.06. The van der Waals surface area contributed by atoms with Crippen molar-refractivity contribution in [1.29, 1.82) is 0 Å². The number of benzene rings is 3. The van der Waals surface area contributed by atoms with Gasteiger partial charge in [0.1, 0.15) is 0 Å². The van der Waals surface area contributed by atoms with E-state index in [0.717, 1.165) is 18.4 Å². The van der Waals surface area contributed by atoms with Crippen LogP contribution in [0.1, 0.15) is 42.4 Å². The van der Waals surface area contributed by atoms with Crippen LogP contribution >= 0.6 is 0 Å². The van der Waals surface area contributed by atoms with E-state index in [1.165, 1.54) is 22.3 Å². The zero-order valence-electron chi connectivity index (χ0n) is 19.9. The van der Waals surface area contributed by atoms with E-state index >= 15 is 0 Å². The quantitative estimate of drug-likeness (QED) is 0.350. The van der Waals surface area contributed by atoms with Crippen molar-refractivity contribution in [2.45, 2.75) is 38.4 Å². The average Bonchev–Trinajstić information content (AvgIpc) is 3.26. The number of amides is 1. The van der Waals surface area contributed by atoms with Gasteiger partial charge in [0, 0.05) is 30.7 Å². The van der Waals surface area contributed by atoms with Crippen LogP contribution < -0.4 is 5.32 Å². The number of para-hydroxylation sites is 1. The number of aliphatic hydroxyl groups is 1. The molecule has 1 aliphatic heterocycles. The summed E-state index contributed by atoms with van der Waals surface area (Å²) in [6.45, 7) is 2.50. The predicted molar refractivity (Wildman–Crippen MR) is 137 cm³/mol. The maximum atomic E-state index is 13.2. The van der Waals surface area contributed by atoms with Crippen molar-refractivity contribution in [2.75, 3.05) is 18.5 Å². The molecule has 2 aliphatic rings. The Balaban J connectivity index is 1.50. The fourth-order valence-electron chi connectivity index (χ4n) is 5.23. The van der Waals surface area contributed by atoms with Crippen LogP contribution in [0, 0.1) is 5.92 Å². The van der Waals surface area contributed by atoms with E-state index in [9.17, 15) is 9.90 Å². The molecule has 5 rings (SSSR count). The molecule has 1 heterocycles. The third-order valence-electron chi connectivity index (χ3n) is 6.87. The van der Waals surface area contributed by atoms with E-state index in [1.807, 2.05) is 43.3 Å². The number of ether oxygens (including phenoxy) is 2. The summed E-state index contributed by atoms with van der Waals surface area (Å²) in [4.78, 5) is 13.2. The molecule has 0 fully saturated rings. The van der Waals surface area contributed by atoms with Gasteiger partial charge in [-0.05, 0) is 72.2 Å². The number of carbonyl (C=O) groups excluding carboxylic acids is 1. The van der Waals surface area contributed by atoms with Gasteiger partial charge < -0.3 is 19.9 Å². The molecule has 0 unspecified atom stereocenters. The smallest absolute Gasteiger partial charge is 0.290 e. The van der Waals surface area contributed by atoms with Crippen LogP contribution in [-0.4, -0.2) is 30.5 Å². The molecule has 5 nitrogen and oxygen atoms in total. The van der Waals surface area contributed by atoms with Crippen molar-refractivity contribution < 1.29 is 19.4 Å². The molecule has 180 valence electrons. The summed E-state index contributed by atoms with van der Waals surface area (Å²) in [5, 5.41) is 12.5. The van der Waals surface area contributed by atoms with Gasteiger partial charge >= 0.3 is 0 Å². The molecular weight excluding hydrogens is 438 g/mol. The molecule has 3 aromatic rings. The molecule has 3 aromatic carbocycles. The lowest BCUT2D eigenvalue weighted by molar-refractivity contribution is -0.165. The van der Waals surface area contributed by atoms with Crippen molar-refractivity contribution in [1.82, 2.24) is 0 Å². The molecule has 0 saturated heterocycles. The highest BCUT2D eigenvalue weighted by Crippen LogP contribution is 2.43. The Morgan fingerprint density at radius 1 is 1.03 bits per heavy atom. The molecule has 0 bridgehead atoms. The third kappa shape index (κ3) is 4.88.